The van der Waals surface area contributed by atoms with Crippen LogP contribution in [0.1, 0.15) is 56.4 Å². The molecule has 0 saturated heterocycles. The standard InChI is InChI=1S/C14H24N2O4S/c1-3-5-6-7-9-20-14(17)13-10-12(21(15,18)19)11-16(13)8-4-2/h10-11H,3-9H2,1-2H3,(H2,15,18,19). The van der Waals surface area contributed by atoms with E-state index >= 15 is 0 Å². The Labute approximate surface area is 126 Å². The van der Waals surface area contributed by atoms with Crippen molar-refractivity contribution in [3.05, 3.63) is 18.0 Å². The Morgan fingerprint density at radius 3 is 2.52 bits per heavy atom. The number of esters is 1. The second-order valence-electron chi connectivity index (χ2n) is 5.00. The van der Waals surface area contributed by atoms with Crippen LogP contribution in [0.4, 0.5) is 0 Å². The van der Waals surface area contributed by atoms with Gasteiger partial charge in [-0.15, -0.1) is 0 Å². The number of hydrogen-bond acceptors (Lipinski definition) is 4. The van der Waals surface area contributed by atoms with Crippen molar-refractivity contribution < 1.29 is 17.9 Å². The third-order valence-corrected chi connectivity index (χ3v) is 3.99. The Hall–Kier alpha value is -1.34. The minimum atomic E-state index is -3.82. The third kappa shape index (κ3) is 5.51. The minimum absolute atomic E-state index is 0.0612. The van der Waals surface area contributed by atoms with Gasteiger partial charge in [0.05, 0.1) is 6.61 Å². The summed E-state index contributed by atoms with van der Waals surface area (Å²) in [5, 5.41) is 5.10. The van der Waals surface area contributed by atoms with E-state index in [9.17, 15) is 13.2 Å². The first-order chi connectivity index (χ1) is 9.90. The average Bonchev–Trinajstić information content (AvgIpc) is 2.83. The fourth-order valence-corrected chi connectivity index (χ4v) is 2.55. The molecule has 0 amide bonds. The minimum Gasteiger partial charge on any atom is -0.461 e. The van der Waals surface area contributed by atoms with Gasteiger partial charge in [0, 0.05) is 12.7 Å². The first kappa shape index (κ1) is 17.7. The zero-order chi connectivity index (χ0) is 15.9. The van der Waals surface area contributed by atoms with Gasteiger partial charge < -0.3 is 9.30 Å². The van der Waals surface area contributed by atoms with Crippen LogP contribution in [0.15, 0.2) is 17.2 Å². The molecule has 0 aliphatic rings. The van der Waals surface area contributed by atoms with Crippen molar-refractivity contribution in [3.63, 3.8) is 0 Å². The van der Waals surface area contributed by atoms with E-state index in [0.29, 0.717) is 13.2 Å². The highest BCUT2D eigenvalue weighted by atomic mass is 32.2. The van der Waals surface area contributed by atoms with Crippen molar-refractivity contribution in [1.82, 2.24) is 4.57 Å². The molecule has 1 heterocycles. The molecule has 0 bridgehead atoms. The van der Waals surface area contributed by atoms with Crippen molar-refractivity contribution >= 4 is 16.0 Å². The summed E-state index contributed by atoms with van der Waals surface area (Å²) >= 11 is 0. The molecule has 2 N–H and O–H groups in total. The van der Waals surface area contributed by atoms with Crippen LogP contribution < -0.4 is 5.14 Å². The second kappa shape index (κ2) is 8.19. The van der Waals surface area contributed by atoms with Gasteiger partial charge in [-0.3, -0.25) is 0 Å². The fourth-order valence-electron chi connectivity index (χ4n) is 2.00. The van der Waals surface area contributed by atoms with Crippen LogP contribution in [0.25, 0.3) is 0 Å². The monoisotopic (exact) mass is 316 g/mol. The number of carbonyl (C=O) groups is 1. The van der Waals surface area contributed by atoms with E-state index in [0.717, 1.165) is 32.1 Å². The summed E-state index contributed by atoms with van der Waals surface area (Å²) in [5.41, 5.74) is 0.233. The molecule has 1 aromatic rings. The normalized spacial score (nSPS) is 11.6. The Morgan fingerprint density at radius 2 is 1.95 bits per heavy atom. The lowest BCUT2D eigenvalue weighted by Gasteiger charge is -2.07. The lowest BCUT2D eigenvalue weighted by atomic mass is 10.2. The zero-order valence-corrected chi connectivity index (χ0v) is 13.5. The van der Waals surface area contributed by atoms with Gasteiger partial charge in [0.15, 0.2) is 0 Å². The molecule has 6 nitrogen and oxygen atoms in total. The number of ether oxygens (including phenoxy) is 1. The first-order valence-electron chi connectivity index (χ1n) is 7.30. The number of nitrogens with zero attached hydrogens (tertiary/aromatic N) is 1. The Kier molecular flexibility index (Phi) is 6.91. The lowest BCUT2D eigenvalue weighted by molar-refractivity contribution is 0.0485. The molecular weight excluding hydrogens is 292 g/mol. The topological polar surface area (TPSA) is 91.4 Å². The van der Waals surface area contributed by atoms with Crippen molar-refractivity contribution in [2.75, 3.05) is 6.61 Å². The summed E-state index contributed by atoms with van der Waals surface area (Å²) in [4.78, 5) is 12.0. The lowest BCUT2D eigenvalue weighted by Crippen LogP contribution is -2.12. The molecule has 21 heavy (non-hydrogen) atoms. The van der Waals surface area contributed by atoms with Crippen LogP contribution in [0.2, 0.25) is 0 Å². The summed E-state index contributed by atoms with van der Waals surface area (Å²) in [7, 11) is -3.82. The van der Waals surface area contributed by atoms with Gasteiger partial charge in [-0.25, -0.2) is 18.4 Å². The molecular formula is C14H24N2O4S. The zero-order valence-electron chi connectivity index (χ0n) is 12.7. The molecule has 0 aliphatic carbocycles. The summed E-state index contributed by atoms with van der Waals surface area (Å²) in [6, 6.07) is 1.28. The maximum atomic E-state index is 12.0. The van der Waals surface area contributed by atoms with Gasteiger partial charge in [0.1, 0.15) is 10.6 Å². The maximum Gasteiger partial charge on any atom is 0.354 e. The summed E-state index contributed by atoms with van der Waals surface area (Å²) in [6.45, 7) is 4.94. The number of primary sulfonamides is 1. The Morgan fingerprint density at radius 1 is 1.24 bits per heavy atom. The molecule has 120 valence electrons. The number of unbranched alkanes of at least 4 members (excludes halogenated alkanes) is 3. The van der Waals surface area contributed by atoms with E-state index in [1.807, 2.05) is 6.92 Å². The van der Waals surface area contributed by atoms with Crippen molar-refractivity contribution in [2.45, 2.75) is 57.4 Å². The largest absolute Gasteiger partial charge is 0.461 e. The van der Waals surface area contributed by atoms with Gasteiger partial charge in [0.2, 0.25) is 10.0 Å². The molecule has 0 atom stereocenters. The number of hydrogen-bond donors (Lipinski definition) is 1. The molecule has 0 aromatic carbocycles. The Bertz CT molecular complexity index is 564. The van der Waals surface area contributed by atoms with Crippen LogP contribution >= 0.6 is 0 Å². The summed E-state index contributed by atoms with van der Waals surface area (Å²) in [5.74, 6) is -0.505. The van der Waals surface area contributed by atoms with Crippen LogP contribution in [0, 0.1) is 0 Å². The molecule has 0 aliphatic heterocycles. The summed E-state index contributed by atoms with van der Waals surface area (Å²) < 4.78 is 29.5. The molecule has 1 rings (SSSR count). The highest BCUT2D eigenvalue weighted by molar-refractivity contribution is 7.89. The fraction of sp³-hybridized carbons (Fsp3) is 0.643. The highest BCUT2D eigenvalue weighted by Crippen LogP contribution is 2.15. The van der Waals surface area contributed by atoms with Crippen LogP contribution in [0.5, 0.6) is 0 Å². The summed E-state index contributed by atoms with van der Waals surface area (Å²) in [6.07, 6.45) is 6.21. The van der Waals surface area contributed by atoms with E-state index in [1.165, 1.54) is 12.3 Å². The predicted octanol–water partition coefficient (Wildman–Crippen LogP) is 2.28. The molecule has 0 spiro atoms. The van der Waals surface area contributed by atoms with E-state index < -0.39 is 16.0 Å². The van der Waals surface area contributed by atoms with Gasteiger partial charge in [-0.2, -0.15) is 0 Å². The van der Waals surface area contributed by atoms with E-state index in [-0.39, 0.29) is 10.6 Å². The number of nitrogens with two attached hydrogens (primary N) is 1. The number of rotatable bonds is 9. The molecule has 0 radical (unpaired) electrons. The molecule has 0 saturated carbocycles. The molecule has 0 fully saturated rings. The van der Waals surface area contributed by atoms with Gasteiger partial charge in [-0.1, -0.05) is 33.1 Å². The smallest absolute Gasteiger partial charge is 0.354 e. The van der Waals surface area contributed by atoms with Crippen molar-refractivity contribution in [2.24, 2.45) is 5.14 Å². The van der Waals surface area contributed by atoms with Crippen LogP contribution in [-0.4, -0.2) is 25.6 Å². The number of aromatic nitrogens is 1. The predicted molar refractivity (Wildman–Crippen MR) is 80.5 cm³/mol. The van der Waals surface area contributed by atoms with E-state index in [4.69, 9.17) is 9.88 Å². The van der Waals surface area contributed by atoms with Crippen molar-refractivity contribution in [1.29, 1.82) is 0 Å². The average molecular weight is 316 g/mol. The number of sulfonamides is 1. The van der Waals surface area contributed by atoms with E-state index in [1.54, 1.807) is 4.57 Å². The second-order valence-corrected chi connectivity index (χ2v) is 6.56. The van der Waals surface area contributed by atoms with Gasteiger partial charge >= 0.3 is 5.97 Å². The third-order valence-electron chi connectivity index (χ3n) is 3.10. The SMILES string of the molecule is CCCCCCOC(=O)c1cc(S(N)(=O)=O)cn1CCC. The van der Waals surface area contributed by atoms with Gasteiger partial charge in [0.25, 0.3) is 0 Å². The molecule has 1 aromatic heterocycles. The maximum absolute atomic E-state index is 12.0. The molecule has 7 heteroatoms. The molecule has 0 unspecified atom stereocenters. The van der Waals surface area contributed by atoms with Crippen molar-refractivity contribution in [3.8, 4) is 0 Å². The van der Waals surface area contributed by atoms with E-state index in [2.05, 4.69) is 6.92 Å². The first-order valence-corrected chi connectivity index (χ1v) is 8.84. The van der Waals surface area contributed by atoms with Gasteiger partial charge in [-0.05, 0) is 18.9 Å². The van der Waals surface area contributed by atoms with Crippen LogP contribution in [0.3, 0.4) is 0 Å². The number of aryl methyl sites for hydroxylation is 1. The van der Waals surface area contributed by atoms with Crippen LogP contribution in [-0.2, 0) is 21.3 Å². The number of carbonyl (C=O) groups excluding carboxylic acids is 1. The Balaban J connectivity index is 2.75. The quantitative estimate of drug-likeness (QED) is 0.559. The highest BCUT2D eigenvalue weighted by Gasteiger charge is 2.19.